The quantitative estimate of drug-likeness (QED) is 0.841. The average molecular weight is 337 g/mol. The fraction of sp³-hybridized carbons (Fsp3) is 0.0667. The van der Waals surface area contributed by atoms with Crippen LogP contribution in [0.3, 0.4) is 0 Å². The number of sulfone groups is 1. The summed E-state index contributed by atoms with van der Waals surface area (Å²) in [5, 5.41) is 1.23. The first kappa shape index (κ1) is 14.0. The molecule has 0 amide bonds. The maximum Gasteiger partial charge on any atom is 0.199 e. The molecule has 0 aliphatic carbocycles. The lowest BCUT2D eigenvalue weighted by Gasteiger charge is -2.00. The SMILES string of the molecule is Cc1ccc(S(=O)(=O)C=Cc2ccccc2Br)cc1. The van der Waals surface area contributed by atoms with Gasteiger partial charge in [0.2, 0.25) is 0 Å². The van der Waals surface area contributed by atoms with Gasteiger partial charge in [-0.3, -0.25) is 0 Å². The second kappa shape index (κ2) is 5.72. The molecule has 0 heterocycles. The Morgan fingerprint density at radius 3 is 2.26 bits per heavy atom. The van der Waals surface area contributed by atoms with Crippen LogP contribution in [-0.4, -0.2) is 8.42 Å². The second-order valence-electron chi connectivity index (χ2n) is 4.18. The van der Waals surface area contributed by atoms with Gasteiger partial charge in [0.1, 0.15) is 0 Å². The zero-order valence-electron chi connectivity index (χ0n) is 10.4. The van der Waals surface area contributed by atoms with E-state index in [1.54, 1.807) is 30.3 Å². The number of benzene rings is 2. The van der Waals surface area contributed by atoms with Crippen molar-refractivity contribution in [3.8, 4) is 0 Å². The van der Waals surface area contributed by atoms with Crippen molar-refractivity contribution in [1.82, 2.24) is 0 Å². The number of hydrogen-bond donors (Lipinski definition) is 0. The minimum absolute atomic E-state index is 0.307. The predicted octanol–water partition coefficient (Wildman–Crippen LogP) is 4.20. The van der Waals surface area contributed by atoms with Crippen LogP contribution in [0, 0.1) is 6.92 Å². The predicted molar refractivity (Wildman–Crippen MR) is 81.5 cm³/mol. The molecule has 4 heteroatoms. The molecule has 0 aromatic heterocycles. The van der Waals surface area contributed by atoms with Gasteiger partial charge in [0.15, 0.2) is 9.84 Å². The largest absolute Gasteiger partial charge is 0.219 e. The lowest BCUT2D eigenvalue weighted by atomic mass is 10.2. The van der Waals surface area contributed by atoms with Crippen LogP contribution in [0.15, 0.2) is 63.3 Å². The van der Waals surface area contributed by atoms with Crippen molar-refractivity contribution >= 4 is 31.8 Å². The standard InChI is InChI=1S/C15H13BrO2S/c1-12-6-8-14(9-7-12)19(17,18)11-10-13-4-2-3-5-15(13)16/h2-11H,1H3. The fourth-order valence-corrected chi connectivity index (χ4v) is 2.99. The van der Waals surface area contributed by atoms with Gasteiger partial charge in [-0.25, -0.2) is 8.42 Å². The molecule has 19 heavy (non-hydrogen) atoms. The van der Waals surface area contributed by atoms with Crippen LogP contribution >= 0.6 is 15.9 Å². The third-order valence-electron chi connectivity index (χ3n) is 2.68. The summed E-state index contributed by atoms with van der Waals surface area (Å²) in [6, 6.07) is 14.3. The molecule has 2 rings (SSSR count). The Morgan fingerprint density at radius 2 is 1.63 bits per heavy atom. The Balaban J connectivity index is 2.32. The third kappa shape index (κ3) is 3.55. The van der Waals surface area contributed by atoms with E-state index in [4.69, 9.17) is 0 Å². The summed E-state index contributed by atoms with van der Waals surface area (Å²) >= 11 is 3.38. The van der Waals surface area contributed by atoms with E-state index >= 15 is 0 Å². The molecule has 0 unspecified atom stereocenters. The van der Waals surface area contributed by atoms with Crippen LogP contribution in [0.5, 0.6) is 0 Å². The van der Waals surface area contributed by atoms with Gasteiger partial charge in [0, 0.05) is 9.88 Å². The first-order valence-electron chi connectivity index (χ1n) is 5.73. The summed E-state index contributed by atoms with van der Waals surface area (Å²) in [6.45, 7) is 1.92. The van der Waals surface area contributed by atoms with E-state index in [2.05, 4.69) is 15.9 Å². The highest BCUT2D eigenvalue weighted by Crippen LogP contribution is 2.19. The zero-order valence-corrected chi connectivity index (χ0v) is 12.8. The van der Waals surface area contributed by atoms with E-state index in [1.807, 2.05) is 31.2 Å². The van der Waals surface area contributed by atoms with E-state index < -0.39 is 9.84 Å². The Labute approximate surface area is 121 Å². The van der Waals surface area contributed by atoms with Crippen LogP contribution in [0.4, 0.5) is 0 Å². The van der Waals surface area contributed by atoms with Crippen molar-refractivity contribution in [3.63, 3.8) is 0 Å². The molecule has 0 spiro atoms. The van der Waals surface area contributed by atoms with Crippen molar-refractivity contribution in [2.75, 3.05) is 0 Å². The second-order valence-corrected chi connectivity index (χ2v) is 6.87. The van der Waals surface area contributed by atoms with Gasteiger partial charge in [-0.2, -0.15) is 0 Å². The highest BCUT2D eigenvalue weighted by molar-refractivity contribution is 9.10. The summed E-state index contributed by atoms with van der Waals surface area (Å²) < 4.78 is 25.1. The van der Waals surface area contributed by atoms with Crippen LogP contribution < -0.4 is 0 Å². The molecule has 0 saturated heterocycles. The number of rotatable bonds is 3. The third-order valence-corrected chi connectivity index (χ3v) is 4.83. The van der Waals surface area contributed by atoms with Crippen molar-refractivity contribution < 1.29 is 8.42 Å². The lowest BCUT2D eigenvalue weighted by Crippen LogP contribution is -1.95. The molecule has 0 bridgehead atoms. The molecule has 0 saturated carbocycles. The van der Waals surface area contributed by atoms with Crippen LogP contribution in [0.25, 0.3) is 6.08 Å². The minimum atomic E-state index is -3.39. The molecular formula is C15H13BrO2S. The molecular weight excluding hydrogens is 324 g/mol. The van der Waals surface area contributed by atoms with Gasteiger partial charge in [0.25, 0.3) is 0 Å². The van der Waals surface area contributed by atoms with Gasteiger partial charge in [-0.05, 0) is 36.8 Å². The summed E-state index contributed by atoms with van der Waals surface area (Å²) in [4.78, 5) is 0.307. The summed E-state index contributed by atoms with van der Waals surface area (Å²) in [5.74, 6) is 0. The molecule has 0 fully saturated rings. The summed E-state index contributed by atoms with van der Waals surface area (Å²) in [7, 11) is -3.39. The highest BCUT2D eigenvalue weighted by Gasteiger charge is 2.09. The molecule has 0 aliphatic heterocycles. The van der Waals surface area contributed by atoms with Gasteiger partial charge >= 0.3 is 0 Å². The number of halogens is 1. The first-order valence-corrected chi connectivity index (χ1v) is 8.07. The molecule has 2 nitrogen and oxygen atoms in total. The Hall–Kier alpha value is -1.39. The summed E-state index contributed by atoms with van der Waals surface area (Å²) in [6.07, 6.45) is 1.60. The number of aryl methyl sites for hydroxylation is 1. The molecule has 0 aliphatic rings. The normalized spacial score (nSPS) is 11.9. The topological polar surface area (TPSA) is 34.1 Å². The van der Waals surface area contributed by atoms with E-state index in [0.717, 1.165) is 15.6 Å². The minimum Gasteiger partial charge on any atom is -0.219 e. The molecule has 2 aromatic carbocycles. The van der Waals surface area contributed by atoms with Crippen LogP contribution in [0.2, 0.25) is 0 Å². The van der Waals surface area contributed by atoms with Crippen molar-refractivity contribution in [3.05, 3.63) is 69.5 Å². The average Bonchev–Trinajstić information content (AvgIpc) is 2.38. The Morgan fingerprint density at radius 1 is 1.00 bits per heavy atom. The van der Waals surface area contributed by atoms with Gasteiger partial charge in [0.05, 0.1) is 4.90 Å². The van der Waals surface area contributed by atoms with Crippen LogP contribution in [0.1, 0.15) is 11.1 Å². The van der Waals surface area contributed by atoms with Gasteiger partial charge < -0.3 is 0 Å². The first-order chi connectivity index (χ1) is 8.99. The fourth-order valence-electron chi connectivity index (χ4n) is 1.58. The van der Waals surface area contributed by atoms with Gasteiger partial charge in [-0.15, -0.1) is 0 Å². The molecule has 2 aromatic rings. The smallest absolute Gasteiger partial charge is 0.199 e. The van der Waals surface area contributed by atoms with E-state index in [0.29, 0.717) is 4.90 Å². The lowest BCUT2D eigenvalue weighted by molar-refractivity contribution is 0.605. The maximum atomic E-state index is 12.1. The Kier molecular flexibility index (Phi) is 4.22. The zero-order chi connectivity index (χ0) is 13.9. The maximum absolute atomic E-state index is 12.1. The van der Waals surface area contributed by atoms with Crippen molar-refractivity contribution in [1.29, 1.82) is 0 Å². The van der Waals surface area contributed by atoms with E-state index in [9.17, 15) is 8.42 Å². The Bertz CT molecular complexity index is 701. The van der Waals surface area contributed by atoms with E-state index in [-0.39, 0.29) is 0 Å². The monoisotopic (exact) mass is 336 g/mol. The molecule has 98 valence electrons. The molecule has 0 N–H and O–H groups in total. The van der Waals surface area contributed by atoms with Crippen molar-refractivity contribution in [2.24, 2.45) is 0 Å². The van der Waals surface area contributed by atoms with Crippen LogP contribution in [-0.2, 0) is 9.84 Å². The van der Waals surface area contributed by atoms with E-state index in [1.165, 1.54) is 5.41 Å². The van der Waals surface area contributed by atoms with Crippen molar-refractivity contribution in [2.45, 2.75) is 11.8 Å². The highest BCUT2D eigenvalue weighted by atomic mass is 79.9. The molecule has 0 radical (unpaired) electrons. The summed E-state index contributed by atoms with van der Waals surface area (Å²) in [5.41, 5.74) is 1.87. The number of hydrogen-bond acceptors (Lipinski definition) is 2. The molecule has 0 atom stereocenters. The van der Waals surface area contributed by atoms with Gasteiger partial charge in [-0.1, -0.05) is 51.8 Å².